The summed E-state index contributed by atoms with van der Waals surface area (Å²) < 4.78 is 13.9. The van der Waals surface area contributed by atoms with Crippen molar-refractivity contribution < 1.29 is 4.39 Å². The van der Waals surface area contributed by atoms with E-state index in [9.17, 15) is 4.39 Å². The van der Waals surface area contributed by atoms with Gasteiger partial charge in [0.1, 0.15) is 11.3 Å². The third-order valence-electron chi connectivity index (χ3n) is 3.83. The van der Waals surface area contributed by atoms with E-state index < -0.39 is 5.67 Å². The van der Waals surface area contributed by atoms with Gasteiger partial charge in [0.25, 0.3) is 0 Å². The molecule has 1 N–H and O–H groups in total. The standard InChI is InChI=1S/C15H20FN3/c1-10-7-12-11-5-4-6-17-14(11)18-13(12)8-19(10)9-15(2,3)16/h4-6,10H,7-9H2,1-3H3,(H,17,18). The molecule has 1 aliphatic rings. The second-order valence-electron chi connectivity index (χ2n) is 6.16. The third-order valence-corrected chi connectivity index (χ3v) is 3.83. The van der Waals surface area contributed by atoms with Crippen LogP contribution in [0.1, 0.15) is 32.0 Å². The number of aromatic nitrogens is 2. The lowest BCUT2D eigenvalue weighted by atomic mass is 9.97. The van der Waals surface area contributed by atoms with Crippen LogP contribution in [0, 0.1) is 0 Å². The summed E-state index contributed by atoms with van der Waals surface area (Å²) >= 11 is 0. The summed E-state index contributed by atoms with van der Waals surface area (Å²) in [6.45, 7) is 6.70. The highest BCUT2D eigenvalue weighted by atomic mass is 19.1. The van der Waals surface area contributed by atoms with Crippen molar-refractivity contribution in [2.75, 3.05) is 6.54 Å². The number of alkyl halides is 1. The molecule has 0 saturated heterocycles. The molecule has 3 nitrogen and oxygen atoms in total. The Labute approximate surface area is 112 Å². The highest BCUT2D eigenvalue weighted by Gasteiger charge is 2.30. The van der Waals surface area contributed by atoms with Gasteiger partial charge in [-0.15, -0.1) is 0 Å². The van der Waals surface area contributed by atoms with E-state index in [2.05, 4.69) is 27.9 Å². The third kappa shape index (κ3) is 2.37. The van der Waals surface area contributed by atoms with Crippen LogP contribution in [0.15, 0.2) is 18.3 Å². The van der Waals surface area contributed by atoms with Crippen molar-refractivity contribution in [3.05, 3.63) is 29.6 Å². The molecule has 1 aliphatic heterocycles. The Balaban J connectivity index is 1.95. The first-order valence-electron chi connectivity index (χ1n) is 6.81. The Kier molecular flexibility index (Phi) is 2.86. The van der Waals surface area contributed by atoms with Gasteiger partial charge in [-0.25, -0.2) is 9.37 Å². The molecule has 0 bridgehead atoms. The van der Waals surface area contributed by atoms with Crippen LogP contribution in [0.3, 0.4) is 0 Å². The molecule has 102 valence electrons. The fourth-order valence-corrected chi connectivity index (χ4v) is 2.98. The van der Waals surface area contributed by atoms with Crippen molar-refractivity contribution in [3.63, 3.8) is 0 Å². The average Bonchev–Trinajstić information content (AvgIpc) is 2.66. The van der Waals surface area contributed by atoms with Gasteiger partial charge in [-0.3, -0.25) is 4.90 Å². The van der Waals surface area contributed by atoms with E-state index in [1.807, 2.05) is 6.07 Å². The van der Waals surface area contributed by atoms with Crippen molar-refractivity contribution in [1.82, 2.24) is 14.9 Å². The maximum Gasteiger partial charge on any atom is 0.137 e. The normalized spacial score (nSPS) is 20.7. The Morgan fingerprint density at radius 2 is 2.32 bits per heavy atom. The van der Waals surface area contributed by atoms with Crippen LogP contribution in [0.4, 0.5) is 4.39 Å². The predicted molar refractivity (Wildman–Crippen MR) is 74.9 cm³/mol. The van der Waals surface area contributed by atoms with Gasteiger partial charge >= 0.3 is 0 Å². The fourth-order valence-electron chi connectivity index (χ4n) is 2.98. The quantitative estimate of drug-likeness (QED) is 0.901. The second-order valence-corrected chi connectivity index (χ2v) is 6.16. The molecule has 4 heteroatoms. The Bertz CT molecular complexity index is 597. The number of hydrogen-bond acceptors (Lipinski definition) is 2. The van der Waals surface area contributed by atoms with E-state index in [0.29, 0.717) is 12.6 Å². The zero-order valence-corrected chi connectivity index (χ0v) is 11.7. The number of H-pyrrole nitrogens is 1. The van der Waals surface area contributed by atoms with Crippen LogP contribution in [0.2, 0.25) is 0 Å². The second kappa shape index (κ2) is 4.30. The molecule has 0 amide bonds. The predicted octanol–water partition coefficient (Wildman–Crippen LogP) is 3.06. The van der Waals surface area contributed by atoms with Gasteiger partial charge < -0.3 is 4.98 Å². The molecule has 2 aromatic rings. The SMILES string of the molecule is CC1Cc2c([nH]c3ncccc23)CN1CC(C)(C)F. The van der Waals surface area contributed by atoms with E-state index >= 15 is 0 Å². The van der Waals surface area contributed by atoms with Crippen LogP contribution >= 0.6 is 0 Å². The Hall–Kier alpha value is -1.42. The lowest BCUT2D eigenvalue weighted by Gasteiger charge is -2.36. The number of fused-ring (bicyclic) bond motifs is 3. The number of pyridine rings is 1. The molecule has 0 aliphatic carbocycles. The zero-order chi connectivity index (χ0) is 13.6. The van der Waals surface area contributed by atoms with E-state index in [0.717, 1.165) is 18.6 Å². The smallest absolute Gasteiger partial charge is 0.137 e. The van der Waals surface area contributed by atoms with Gasteiger partial charge in [-0.1, -0.05) is 0 Å². The lowest BCUT2D eigenvalue weighted by molar-refractivity contribution is 0.0853. The highest BCUT2D eigenvalue weighted by Crippen LogP contribution is 2.30. The number of hydrogen-bond donors (Lipinski definition) is 1. The first-order chi connectivity index (χ1) is 8.94. The molecular formula is C15H20FN3. The maximum absolute atomic E-state index is 13.9. The lowest BCUT2D eigenvalue weighted by Crippen LogP contribution is -2.44. The van der Waals surface area contributed by atoms with Crippen LogP contribution in [0.25, 0.3) is 11.0 Å². The minimum Gasteiger partial charge on any atom is -0.342 e. The molecule has 2 aromatic heterocycles. The van der Waals surface area contributed by atoms with Gasteiger partial charge in [-0.2, -0.15) is 0 Å². The van der Waals surface area contributed by atoms with E-state index in [-0.39, 0.29) is 0 Å². The maximum atomic E-state index is 13.9. The first kappa shape index (κ1) is 12.6. The zero-order valence-electron chi connectivity index (χ0n) is 11.7. The molecule has 0 fully saturated rings. The number of nitrogens with one attached hydrogen (secondary N) is 1. The Morgan fingerprint density at radius 1 is 1.53 bits per heavy atom. The molecule has 3 heterocycles. The van der Waals surface area contributed by atoms with Crippen molar-refractivity contribution in [2.45, 2.75) is 45.4 Å². The summed E-state index contributed by atoms with van der Waals surface area (Å²) in [5.41, 5.74) is 2.33. The van der Waals surface area contributed by atoms with Crippen molar-refractivity contribution in [3.8, 4) is 0 Å². The molecule has 0 spiro atoms. The minimum atomic E-state index is -1.16. The van der Waals surface area contributed by atoms with Gasteiger partial charge in [0.2, 0.25) is 0 Å². The molecule has 19 heavy (non-hydrogen) atoms. The van der Waals surface area contributed by atoms with Crippen molar-refractivity contribution in [1.29, 1.82) is 0 Å². The summed E-state index contributed by atoms with van der Waals surface area (Å²) in [5, 5.41) is 1.21. The van der Waals surface area contributed by atoms with E-state index in [4.69, 9.17) is 0 Å². The first-order valence-corrected chi connectivity index (χ1v) is 6.81. The summed E-state index contributed by atoms with van der Waals surface area (Å²) in [6.07, 6.45) is 2.76. The van der Waals surface area contributed by atoms with Crippen LogP contribution < -0.4 is 0 Å². The molecule has 0 saturated carbocycles. The topological polar surface area (TPSA) is 31.9 Å². The fraction of sp³-hybridized carbons (Fsp3) is 0.533. The molecule has 3 rings (SSSR count). The van der Waals surface area contributed by atoms with Gasteiger partial charge in [0.05, 0.1) is 0 Å². The Morgan fingerprint density at radius 3 is 3.05 bits per heavy atom. The highest BCUT2D eigenvalue weighted by molar-refractivity contribution is 5.81. The minimum absolute atomic E-state index is 0.363. The van der Waals surface area contributed by atoms with Crippen LogP contribution in [0.5, 0.6) is 0 Å². The number of halogens is 1. The largest absolute Gasteiger partial charge is 0.342 e. The average molecular weight is 261 g/mol. The van der Waals surface area contributed by atoms with Crippen molar-refractivity contribution in [2.24, 2.45) is 0 Å². The molecule has 0 radical (unpaired) electrons. The number of aromatic amines is 1. The van der Waals surface area contributed by atoms with Crippen LogP contribution in [-0.4, -0.2) is 33.1 Å². The summed E-state index contributed by atoms with van der Waals surface area (Å²) in [4.78, 5) is 9.95. The molecule has 0 aromatic carbocycles. The van der Waals surface area contributed by atoms with E-state index in [1.165, 1.54) is 16.6 Å². The molecule has 1 atom stereocenters. The number of rotatable bonds is 2. The van der Waals surface area contributed by atoms with Crippen LogP contribution in [-0.2, 0) is 13.0 Å². The molecular weight excluding hydrogens is 241 g/mol. The van der Waals surface area contributed by atoms with Gasteiger partial charge in [0, 0.05) is 36.4 Å². The van der Waals surface area contributed by atoms with Gasteiger partial charge in [0.15, 0.2) is 0 Å². The summed E-state index contributed by atoms with van der Waals surface area (Å²) in [6, 6.07) is 4.44. The summed E-state index contributed by atoms with van der Waals surface area (Å²) in [5.74, 6) is 0. The molecule has 1 unspecified atom stereocenters. The van der Waals surface area contributed by atoms with E-state index in [1.54, 1.807) is 20.0 Å². The van der Waals surface area contributed by atoms with Crippen molar-refractivity contribution >= 4 is 11.0 Å². The summed E-state index contributed by atoms with van der Waals surface area (Å²) in [7, 11) is 0. The van der Waals surface area contributed by atoms with Gasteiger partial charge in [-0.05, 0) is 44.9 Å². The number of nitrogens with zero attached hydrogens (tertiary/aromatic N) is 2. The monoisotopic (exact) mass is 261 g/mol.